The van der Waals surface area contributed by atoms with Gasteiger partial charge in [-0.05, 0) is 31.6 Å². The van der Waals surface area contributed by atoms with Crippen LogP contribution < -0.4 is 0 Å². The van der Waals surface area contributed by atoms with Crippen molar-refractivity contribution >= 4 is 10.0 Å². The zero-order chi connectivity index (χ0) is 16.0. The van der Waals surface area contributed by atoms with Crippen LogP contribution in [0.2, 0.25) is 0 Å². The van der Waals surface area contributed by atoms with E-state index in [0.717, 1.165) is 13.0 Å². The first-order valence-electron chi connectivity index (χ1n) is 7.88. The first kappa shape index (κ1) is 14.8. The smallest absolute Gasteiger partial charge is 0.246 e. The van der Waals surface area contributed by atoms with Gasteiger partial charge in [0.2, 0.25) is 21.8 Å². The van der Waals surface area contributed by atoms with Gasteiger partial charge in [-0.3, -0.25) is 4.68 Å². The maximum Gasteiger partial charge on any atom is 0.246 e. The van der Waals surface area contributed by atoms with Crippen molar-refractivity contribution < 1.29 is 12.8 Å². The first-order chi connectivity index (χ1) is 11.0. The van der Waals surface area contributed by atoms with E-state index in [-0.39, 0.29) is 10.9 Å². The summed E-state index contributed by atoms with van der Waals surface area (Å²) in [5.41, 5.74) is 0. The van der Waals surface area contributed by atoms with E-state index in [1.54, 1.807) is 17.8 Å². The Labute approximate surface area is 134 Å². The summed E-state index contributed by atoms with van der Waals surface area (Å²) in [6.45, 7) is 2.95. The van der Waals surface area contributed by atoms with Crippen LogP contribution in [-0.2, 0) is 16.6 Å². The van der Waals surface area contributed by atoms with Crippen LogP contribution in [0, 0.1) is 12.8 Å². The Hall–Kier alpha value is -1.74. The monoisotopic (exact) mass is 337 g/mol. The van der Waals surface area contributed by atoms with Crippen LogP contribution in [0.3, 0.4) is 0 Å². The second-order valence-corrected chi connectivity index (χ2v) is 8.17. The fourth-order valence-corrected chi connectivity index (χ4v) is 4.61. The Balaban J connectivity index is 1.60. The van der Waals surface area contributed by atoms with E-state index in [9.17, 15) is 8.42 Å². The second kappa shape index (κ2) is 5.41. The summed E-state index contributed by atoms with van der Waals surface area (Å²) in [6.07, 6.45) is 6.94. The SMILES string of the molecule is Cc1nnc([C@H]2CCCN2S(=O)(=O)c2cnn(CC3CC3)c2)o1. The molecule has 1 aliphatic heterocycles. The molecule has 124 valence electrons. The lowest BCUT2D eigenvalue weighted by Crippen LogP contribution is -2.30. The zero-order valence-corrected chi connectivity index (χ0v) is 13.7. The average molecular weight is 337 g/mol. The van der Waals surface area contributed by atoms with Crippen molar-refractivity contribution in [1.29, 1.82) is 0 Å². The third-order valence-corrected chi connectivity index (χ3v) is 6.25. The molecule has 4 rings (SSSR count). The van der Waals surface area contributed by atoms with Crippen LogP contribution in [0.5, 0.6) is 0 Å². The summed E-state index contributed by atoms with van der Waals surface area (Å²) in [4.78, 5) is 0.237. The van der Waals surface area contributed by atoms with Crippen molar-refractivity contribution in [2.75, 3.05) is 6.54 Å². The van der Waals surface area contributed by atoms with Gasteiger partial charge in [0, 0.05) is 26.2 Å². The highest BCUT2D eigenvalue weighted by molar-refractivity contribution is 7.89. The van der Waals surface area contributed by atoms with Crippen molar-refractivity contribution in [1.82, 2.24) is 24.3 Å². The van der Waals surface area contributed by atoms with Crippen molar-refractivity contribution in [2.45, 2.75) is 50.1 Å². The predicted molar refractivity (Wildman–Crippen MR) is 79.9 cm³/mol. The van der Waals surface area contributed by atoms with Crippen LogP contribution >= 0.6 is 0 Å². The van der Waals surface area contributed by atoms with Gasteiger partial charge in [0.1, 0.15) is 10.9 Å². The number of aromatic nitrogens is 4. The molecule has 2 aliphatic rings. The minimum atomic E-state index is -3.60. The van der Waals surface area contributed by atoms with Crippen LogP contribution in [0.1, 0.15) is 43.5 Å². The lowest BCUT2D eigenvalue weighted by Gasteiger charge is -2.20. The van der Waals surface area contributed by atoms with Crippen LogP contribution in [0.25, 0.3) is 0 Å². The number of hydrogen-bond acceptors (Lipinski definition) is 6. The summed E-state index contributed by atoms with van der Waals surface area (Å²) in [7, 11) is -3.60. The molecule has 2 fully saturated rings. The molecule has 23 heavy (non-hydrogen) atoms. The van der Waals surface area contributed by atoms with E-state index in [4.69, 9.17) is 4.42 Å². The summed E-state index contributed by atoms with van der Waals surface area (Å²) >= 11 is 0. The molecule has 1 atom stereocenters. The van der Waals surface area contributed by atoms with Gasteiger partial charge in [0.05, 0.1) is 6.20 Å². The minimum Gasteiger partial charge on any atom is -0.424 e. The predicted octanol–water partition coefficient (Wildman–Crippen LogP) is 1.51. The van der Waals surface area contributed by atoms with Crippen molar-refractivity contribution in [3.05, 3.63) is 24.2 Å². The fourth-order valence-electron chi connectivity index (χ4n) is 3.00. The molecule has 0 bridgehead atoms. The van der Waals surface area contributed by atoms with E-state index in [2.05, 4.69) is 15.3 Å². The summed E-state index contributed by atoms with van der Waals surface area (Å²) in [5, 5.41) is 12.0. The minimum absolute atomic E-state index is 0.237. The molecule has 9 heteroatoms. The van der Waals surface area contributed by atoms with Gasteiger partial charge >= 0.3 is 0 Å². The van der Waals surface area contributed by atoms with Crippen LogP contribution in [0.15, 0.2) is 21.7 Å². The normalized spacial score (nSPS) is 22.7. The standard InChI is InChI=1S/C14H19N5O3S/c1-10-16-17-14(22-10)13-3-2-6-19(13)23(20,21)12-7-15-18(9-12)8-11-4-5-11/h7,9,11,13H,2-6,8H2,1H3/t13-/m1/s1. The zero-order valence-electron chi connectivity index (χ0n) is 12.9. The van der Waals surface area contributed by atoms with E-state index < -0.39 is 10.0 Å². The van der Waals surface area contributed by atoms with E-state index in [0.29, 0.717) is 30.7 Å². The summed E-state index contributed by atoms with van der Waals surface area (Å²) in [5.74, 6) is 1.46. The van der Waals surface area contributed by atoms with E-state index >= 15 is 0 Å². The van der Waals surface area contributed by atoms with E-state index in [1.807, 2.05) is 0 Å². The molecule has 2 aromatic heterocycles. The molecule has 0 amide bonds. The Bertz CT molecular complexity index is 808. The molecule has 8 nitrogen and oxygen atoms in total. The molecule has 0 radical (unpaired) electrons. The van der Waals surface area contributed by atoms with Gasteiger partial charge in [0.25, 0.3) is 0 Å². The topological polar surface area (TPSA) is 94.1 Å². The molecule has 1 saturated heterocycles. The number of hydrogen-bond donors (Lipinski definition) is 0. The maximum absolute atomic E-state index is 12.9. The second-order valence-electron chi connectivity index (χ2n) is 6.27. The molecule has 0 spiro atoms. The lowest BCUT2D eigenvalue weighted by molar-refractivity contribution is 0.324. The Kier molecular flexibility index (Phi) is 3.49. The van der Waals surface area contributed by atoms with Crippen molar-refractivity contribution in [2.24, 2.45) is 5.92 Å². The number of aryl methyl sites for hydroxylation is 1. The van der Waals surface area contributed by atoms with Gasteiger partial charge < -0.3 is 4.42 Å². The third-order valence-electron chi connectivity index (χ3n) is 4.39. The van der Waals surface area contributed by atoms with Gasteiger partial charge in [-0.1, -0.05) is 0 Å². The average Bonchev–Trinajstić information content (AvgIpc) is 2.96. The molecule has 0 aromatic carbocycles. The van der Waals surface area contributed by atoms with Crippen LogP contribution in [0.4, 0.5) is 0 Å². The molecule has 1 aliphatic carbocycles. The Morgan fingerprint density at radius 2 is 2.13 bits per heavy atom. The van der Waals surface area contributed by atoms with Crippen molar-refractivity contribution in [3.8, 4) is 0 Å². The fraction of sp³-hybridized carbons (Fsp3) is 0.643. The molecular formula is C14H19N5O3S. The lowest BCUT2D eigenvalue weighted by atomic mass is 10.2. The van der Waals surface area contributed by atoms with Gasteiger partial charge in [-0.15, -0.1) is 10.2 Å². The Morgan fingerprint density at radius 1 is 1.30 bits per heavy atom. The van der Waals surface area contributed by atoms with Crippen LogP contribution in [-0.4, -0.2) is 39.2 Å². The number of nitrogens with zero attached hydrogens (tertiary/aromatic N) is 5. The Morgan fingerprint density at radius 3 is 2.83 bits per heavy atom. The maximum atomic E-state index is 12.9. The van der Waals surface area contributed by atoms with Gasteiger partial charge in [-0.2, -0.15) is 9.40 Å². The highest BCUT2D eigenvalue weighted by Crippen LogP contribution is 2.36. The molecule has 2 aromatic rings. The van der Waals surface area contributed by atoms with Crippen molar-refractivity contribution in [3.63, 3.8) is 0 Å². The first-order valence-corrected chi connectivity index (χ1v) is 9.32. The van der Waals surface area contributed by atoms with E-state index in [1.165, 1.54) is 23.3 Å². The third kappa shape index (κ3) is 2.78. The quantitative estimate of drug-likeness (QED) is 0.821. The molecule has 0 N–H and O–H groups in total. The summed E-state index contributed by atoms with van der Waals surface area (Å²) < 4.78 is 34.5. The molecule has 3 heterocycles. The molecule has 0 unspecified atom stereocenters. The summed E-state index contributed by atoms with van der Waals surface area (Å²) in [6, 6.07) is -0.381. The molecular weight excluding hydrogens is 318 g/mol. The van der Waals surface area contributed by atoms with Gasteiger partial charge in [0.15, 0.2) is 0 Å². The molecule has 1 saturated carbocycles. The number of sulfonamides is 1. The largest absolute Gasteiger partial charge is 0.424 e. The highest BCUT2D eigenvalue weighted by Gasteiger charge is 2.39. The highest BCUT2D eigenvalue weighted by atomic mass is 32.2. The van der Waals surface area contributed by atoms with Gasteiger partial charge in [-0.25, -0.2) is 8.42 Å². The number of rotatable bonds is 5.